The minimum atomic E-state index is 0.0742. The van der Waals surface area contributed by atoms with Gasteiger partial charge in [0.25, 0.3) is 0 Å². The molecule has 2 aromatic rings. The van der Waals surface area contributed by atoms with E-state index in [0.717, 1.165) is 30.2 Å². The lowest BCUT2D eigenvalue weighted by molar-refractivity contribution is -0.120. The van der Waals surface area contributed by atoms with Gasteiger partial charge >= 0.3 is 0 Å². The molecule has 0 spiro atoms. The fourth-order valence-electron chi connectivity index (χ4n) is 4.07. The Kier molecular flexibility index (Phi) is 6.88. The minimum Gasteiger partial charge on any atom is -0.484 e. The second kappa shape index (κ2) is 9.60. The Hall–Kier alpha value is -1.73. The van der Waals surface area contributed by atoms with Gasteiger partial charge in [0.05, 0.1) is 10.8 Å². The van der Waals surface area contributed by atoms with Gasteiger partial charge in [-0.05, 0) is 43.2 Å². The van der Waals surface area contributed by atoms with Crippen molar-refractivity contribution in [2.24, 2.45) is 11.8 Å². The number of benzene rings is 1. The highest BCUT2D eigenvalue weighted by Gasteiger charge is 2.31. The van der Waals surface area contributed by atoms with Crippen LogP contribution in [-0.2, 0) is 11.4 Å². The molecule has 1 amide bonds. The van der Waals surface area contributed by atoms with Crippen LogP contribution in [0.3, 0.4) is 0 Å². The number of thioether (sulfide) groups is 1. The summed E-state index contributed by atoms with van der Waals surface area (Å²) in [6, 6.07) is 8.08. The van der Waals surface area contributed by atoms with Gasteiger partial charge in [0.1, 0.15) is 12.4 Å². The van der Waals surface area contributed by atoms with Gasteiger partial charge in [0.2, 0.25) is 5.91 Å². The molecule has 2 aliphatic rings. The standard InChI is InChI=1S/C22H29ClN4O2S/c1-14-6-5-8-18(15(14)2)24-21(28)13-30-22-26-25-20(27(22)16-10-11-16)12-29-19-9-4-3-7-17(19)23/h3-4,7,9,14-16,18H,5-6,8,10-13H2,1-2H3,(H,24,28)/t14-,15+,18+/m1/s1. The molecule has 6 nitrogen and oxygen atoms in total. The van der Waals surface area contributed by atoms with Crippen LogP contribution >= 0.6 is 23.4 Å². The van der Waals surface area contributed by atoms with Gasteiger partial charge in [0, 0.05) is 12.1 Å². The smallest absolute Gasteiger partial charge is 0.230 e. The quantitative estimate of drug-likeness (QED) is 0.583. The molecule has 2 fully saturated rings. The first-order chi connectivity index (χ1) is 14.5. The molecule has 2 aliphatic carbocycles. The topological polar surface area (TPSA) is 69.0 Å². The Labute approximate surface area is 187 Å². The van der Waals surface area contributed by atoms with Crippen LogP contribution in [0.5, 0.6) is 5.75 Å². The summed E-state index contributed by atoms with van der Waals surface area (Å²) >= 11 is 7.63. The summed E-state index contributed by atoms with van der Waals surface area (Å²) in [7, 11) is 0. The fourth-order valence-corrected chi connectivity index (χ4v) is 5.10. The Bertz CT molecular complexity index is 886. The van der Waals surface area contributed by atoms with Crippen molar-refractivity contribution in [2.45, 2.75) is 69.8 Å². The van der Waals surface area contributed by atoms with E-state index in [-0.39, 0.29) is 11.9 Å². The average molecular weight is 449 g/mol. The van der Waals surface area contributed by atoms with Crippen molar-refractivity contribution in [3.05, 3.63) is 35.1 Å². The fraction of sp³-hybridized carbons (Fsp3) is 0.591. The van der Waals surface area contributed by atoms with Gasteiger partial charge in [-0.15, -0.1) is 10.2 Å². The summed E-state index contributed by atoms with van der Waals surface area (Å²) < 4.78 is 7.98. The highest BCUT2D eigenvalue weighted by molar-refractivity contribution is 7.99. The van der Waals surface area contributed by atoms with E-state index in [2.05, 4.69) is 33.9 Å². The SMILES string of the molecule is C[C@H]1[C@H](C)CCC[C@@H]1NC(=O)CSc1nnc(COc2ccccc2Cl)n1C1CC1. The predicted molar refractivity (Wildman–Crippen MR) is 119 cm³/mol. The molecule has 8 heteroatoms. The molecule has 1 aromatic heterocycles. The van der Waals surface area contributed by atoms with Crippen LogP contribution in [0.2, 0.25) is 5.02 Å². The van der Waals surface area contributed by atoms with Crippen LogP contribution in [0.25, 0.3) is 0 Å². The third-order valence-corrected chi connectivity index (χ3v) is 7.48. The molecule has 4 rings (SSSR count). The lowest BCUT2D eigenvalue weighted by Gasteiger charge is -2.34. The molecule has 30 heavy (non-hydrogen) atoms. The third kappa shape index (κ3) is 5.11. The maximum absolute atomic E-state index is 12.6. The van der Waals surface area contributed by atoms with Gasteiger partial charge in [0.15, 0.2) is 11.0 Å². The molecule has 0 bridgehead atoms. The molecule has 162 valence electrons. The number of amides is 1. The van der Waals surface area contributed by atoms with Crippen LogP contribution in [0, 0.1) is 11.8 Å². The lowest BCUT2D eigenvalue weighted by Crippen LogP contribution is -2.44. The number of hydrogen-bond donors (Lipinski definition) is 1. The molecule has 0 saturated heterocycles. The zero-order valence-electron chi connectivity index (χ0n) is 17.5. The second-order valence-corrected chi connectivity index (χ2v) is 9.80. The van der Waals surface area contributed by atoms with Crippen molar-refractivity contribution >= 4 is 29.3 Å². The summed E-state index contributed by atoms with van der Waals surface area (Å²) in [5, 5.41) is 13.3. The third-order valence-electron chi connectivity index (χ3n) is 6.23. The van der Waals surface area contributed by atoms with Gasteiger partial charge < -0.3 is 10.1 Å². The summed E-state index contributed by atoms with van der Waals surface area (Å²) in [4.78, 5) is 12.6. The number of rotatable bonds is 8. The van der Waals surface area contributed by atoms with Crippen molar-refractivity contribution in [3.8, 4) is 5.75 Å². The zero-order valence-corrected chi connectivity index (χ0v) is 19.1. The lowest BCUT2D eigenvalue weighted by atomic mass is 9.78. The molecule has 3 atom stereocenters. The molecule has 0 unspecified atom stereocenters. The maximum Gasteiger partial charge on any atom is 0.230 e. The van der Waals surface area contributed by atoms with Crippen LogP contribution in [0.15, 0.2) is 29.4 Å². The molecular weight excluding hydrogens is 420 g/mol. The van der Waals surface area contributed by atoms with Gasteiger partial charge in [-0.25, -0.2) is 0 Å². The molecule has 1 N–H and O–H groups in total. The Morgan fingerprint density at radius 2 is 2.03 bits per heavy atom. The van der Waals surface area contributed by atoms with Gasteiger partial charge in [-0.1, -0.05) is 62.2 Å². The molecule has 2 saturated carbocycles. The Balaban J connectivity index is 1.35. The number of nitrogens with zero attached hydrogens (tertiary/aromatic N) is 3. The molecule has 1 aromatic carbocycles. The number of hydrogen-bond acceptors (Lipinski definition) is 5. The molecule has 0 aliphatic heterocycles. The van der Waals surface area contributed by atoms with E-state index < -0.39 is 0 Å². The highest BCUT2D eigenvalue weighted by atomic mass is 35.5. The van der Waals surface area contributed by atoms with E-state index in [1.807, 2.05) is 18.2 Å². The van der Waals surface area contributed by atoms with Gasteiger partial charge in [-0.2, -0.15) is 0 Å². The van der Waals surface area contributed by atoms with Crippen LogP contribution in [0.1, 0.15) is 57.8 Å². The van der Waals surface area contributed by atoms with Crippen LogP contribution in [0.4, 0.5) is 0 Å². The van der Waals surface area contributed by atoms with Crippen molar-refractivity contribution in [1.29, 1.82) is 0 Å². The maximum atomic E-state index is 12.6. The normalized spacial score (nSPS) is 23.9. The summed E-state index contributed by atoms with van der Waals surface area (Å²) in [5.74, 6) is 3.02. The first-order valence-corrected chi connectivity index (χ1v) is 12.1. The largest absolute Gasteiger partial charge is 0.484 e. The average Bonchev–Trinajstić information content (AvgIpc) is 3.49. The molecule has 1 heterocycles. The number of carbonyl (C=O) groups is 1. The second-order valence-electron chi connectivity index (χ2n) is 8.45. The van der Waals surface area contributed by atoms with E-state index in [1.165, 1.54) is 24.6 Å². The Morgan fingerprint density at radius 3 is 2.80 bits per heavy atom. The highest BCUT2D eigenvalue weighted by Crippen LogP contribution is 2.39. The first-order valence-electron chi connectivity index (χ1n) is 10.8. The number of ether oxygens (including phenoxy) is 1. The predicted octanol–water partition coefficient (Wildman–Crippen LogP) is 4.88. The van der Waals surface area contributed by atoms with Crippen LogP contribution < -0.4 is 10.1 Å². The summed E-state index contributed by atoms with van der Waals surface area (Å²) in [6.07, 6.45) is 5.73. The Morgan fingerprint density at radius 1 is 1.23 bits per heavy atom. The van der Waals surface area contributed by atoms with Crippen molar-refractivity contribution in [3.63, 3.8) is 0 Å². The number of halogens is 1. The zero-order chi connectivity index (χ0) is 21.1. The number of aromatic nitrogens is 3. The minimum absolute atomic E-state index is 0.0742. The molecular formula is C22H29ClN4O2S. The van der Waals surface area contributed by atoms with E-state index in [4.69, 9.17) is 16.3 Å². The van der Waals surface area contributed by atoms with E-state index in [9.17, 15) is 4.79 Å². The number of para-hydroxylation sites is 1. The monoisotopic (exact) mass is 448 g/mol. The van der Waals surface area contributed by atoms with E-state index in [1.54, 1.807) is 6.07 Å². The van der Waals surface area contributed by atoms with Crippen molar-refractivity contribution < 1.29 is 9.53 Å². The first kappa shape index (κ1) is 21.5. The summed E-state index contributed by atoms with van der Waals surface area (Å²) in [5.41, 5.74) is 0. The molecule has 0 radical (unpaired) electrons. The number of carbonyl (C=O) groups excluding carboxylic acids is 1. The summed E-state index contributed by atoms with van der Waals surface area (Å²) in [6.45, 7) is 4.83. The van der Waals surface area contributed by atoms with Crippen molar-refractivity contribution in [1.82, 2.24) is 20.1 Å². The van der Waals surface area contributed by atoms with E-state index >= 15 is 0 Å². The van der Waals surface area contributed by atoms with Gasteiger partial charge in [-0.3, -0.25) is 9.36 Å². The number of nitrogens with one attached hydrogen (secondary N) is 1. The van der Waals surface area contributed by atoms with E-state index in [0.29, 0.717) is 41.0 Å². The van der Waals surface area contributed by atoms with Crippen molar-refractivity contribution in [2.75, 3.05) is 5.75 Å². The van der Waals surface area contributed by atoms with Crippen LogP contribution in [-0.4, -0.2) is 32.5 Å².